The zero-order chi connectivity index (χ0) is 18.5. The largest absolute Gasteiger partial charge is 0.492 e. The van der Waals surface area contributed by atoms with Gasteiger partial charge in [-0.1, -0.05) is 18.2 Å². The summed E-state index contributed by atoms with van der Waals surface area (Å²) in [5.41, 5.74) is 2.27. The standard InChI is InChI=1S/C20H18N4O3/c25-20-13-27-19-7-6-17(15-10-21-14-22-11-15)23-18(19)12-24(20)8-9-26-16-4-2-1-3-5-16/h1-7,10-11,14H,8-9,12-13H2. The lowest BCUT2D eigenvalue weighted by atomic mass is 10.2. The third kappa shape index (κ3) is 4.03. The molecule has 0 aliphatic carbocycles. The van der Waals surface area contributed by atoms with Crippen molar-refractivity contribution in [3.05, 3.63) is 66.9 Å². The molecule has 1 aliphatic heterocycles. The number of carbonyl (C=O) groups is 1. The number of nitrogens with zero attached hydrogens (tertiary/aromatic N) is 4. The molecule has 3 heterocycles. The number of rotatable bonds is 5. The van der Waals surface area contributed by atoms with Gasteiger partial charge in [0.2, 0.25) is 0 Å². The summed E-state index contributed by atoms with van der Waals surface area (Å²) < 4.78 is 11.3. The van der Waals surface area contributed by atoms with Gasteiger partial charge in [0.1, 0.15) is 30.1 Å². The van der Waals surface area contributed by atoms with Crippen LogP contribution in [0.1, 0.15) is 5.69 Å². The summed E-state index contributed by atoms with van der Waals surface area (Å²) in [4.78, 5) is 26.8. The highest BCUT2D eigenvalue weighted by Crippen LogP contribution is 2.25. The number of benzene rings is 1. The molecule has 1 aromatic carbocycles. The maximum atomic E-state index is 12.4. The third-order valence-electron chi connectivity index (χ3n) is 4.21. The minimum absolute atomic E-state index is 0.00614. The van der Waals surface area contributed by atoms with E-state index in [1.165, 1.54) is 6.33 Å². The number of aromatic nitrogens is 3. The quantitative estimate of drug-likeness (QED) is 0.693. The summed E-state index contributed by atoms with van der Waals surface area (Å²) >= 11 is 0. The minimum atomic E-state index is -0.0887. The van der Waals surface area contributed by atoms with Crippen LogP contribution in [0.2, 0.25) is 0 Å². The van der Waals surface area contributed by atoms with Gasteiger partial charge in [0.15, 0.2) is 6.61 Å². The molecule has 0 N–H and O–H groups in total. The Hall–Kier alpha value is -3.48. The fraction of sp³-hybridized carbons (Fsp3) is 0.200. The van der Waals surface area contributed by atoms with Gasteiger partial charge < -0.3 is 14.4 Å². The van der Waals surface area contributed by atoms with Gasteiger partial charge in [-0.3, -0.25) is 4.79 Å². The van der Waals surface area contributed by atoms with Crippen molar-refractivity contribution in [1.29, 1.82) is 0 Å². The Labute approximate surface area is 156 Å². The molecular weight excluding hydrogens is 344 g/mol. The summed E-state index contributed by atoms with van der Waals surface area (Å²) in [6.45, 7) is 1.22. The van der Waals surface area contributed by atoms with E-state index in [2.05, 4.69) is 15.0 Å². The van der Waals surface area contributed by atoms with Crippen LogP contribution < -0.4 is 9.47 Å². The first kappa shape index (κ1) is 17.0. The van der Waals surface area contributed by atoms with Gasteiger partial charge in [0.25, 0.3) is 5.91 Å². The third-order valence-corrected chi connectivity index (χ3v) is 4.21. The smallest absolute Gasteiger partial charge is 0.260 e. The average molecular weight is 362 g/mol. The molecule has 1 aliphatic rings. The lowest BCUT2D eigenvalue weighted by Gasteiger charge is -2.19. The van der Waals surface area contributed by atoms with Gasteiger partial charge in [-0.05, 0) is 24.3 Å². The number of amides is 1. The molecule has 1 amide bonds. The van der Waals surface area contributed by atoms with E-state index in [-0.39, 0.29) is 12.5 Å². The number of para-hydroxylation sites is 1. The summed E-state index contributed by atoms with van der Waals surface area (Å²) in [5.74, 6) is 1.31. The normalized spacial score (nSPS) is 13.5. The van der Waals surface area contributed by atoms with Crippen molar-refractivity contribution < 1.29 is 14.3 Å². The molecule has 0 radical (unpaired) electrons. The van der Waals surface area contributed by atoms with E-state index in [1.54, 1.807) is 17.3 Å². The van der Waals surface area contributed by atoms with Crippen LogP contribution in [0, 0.1) is 0 Å². The predicted molar refractivity (Wildman–Crippen MR) is 98.1 cm³/mol. The lowest BCUT2D eigenvalue weighted by Crippen LogP contribution is -2.35. The van der Waals surface area contributed by atoms with Crippen LogP contribution >= 0.6 is 0 Å². The van der Waals surface area contributed by atoms with Gasteiger partial charge in [0, 0.05) is 18.0 Å². The Balaban J connectivity index is 1.48. The van der Waals surface area contributed by atoms with Gasteiger partial charge in [-0.15, -0.1) is 0 Å². The summed E-state index contributed by atoms with van der Waals surface area (Å²) in [6.07, 6.45) is 4.88. The fourth-order valence-corrected chi connectivity index (χ4v) is 2.82. The van der Waals surface area contributed by atoms with Crippen LogP contribution in [0.3, 0.4) is 0 Å². The molecule has 2 aromatic heterocycles. The summed E-state index contributed by atoms with van der Waals surface area (Å²) in [5, 5.41) is 0. The molecule has 0 saturated heterocycles. The van der Waals surface area contributed by atoms with E-state index in [4.69, 9.17) is 9.47 Å². The van der Waals surface area contributed by atoms with Crippen LogP contribution in [0.4, 0.5) is 0 Å². The first-order valence-electron chi connectivity index (χ1n) is 8.63. The Kier molecular flexibility index (Phi) is 4.91. The second kappa shape index (κ2) is 7.82. The summed E-state index contributed by atoms with van der Waals surface area (Å²) in [6, 6.07) is 13.2. The molecule has 3 aromatic rings. The van der Waals surface area contributed by atoms with E-state index in [0.29, 0.717) is 31.1 Å². The number of ether oxygens (including phenoxy) is 2. The molecule has 27 heavy (non-hydrogen) atoms. The number of hydrogen-bond donors (Lipinski definition) is 0. The number of hydrogen-bond acceptors (Lipinski definition) is 6. The van der Waals surface area contributed by atoms with E-state index in [1.807, 2.05) is 42.5 Å². The second-order valence-electron chi connectivity index (χ2n) is 6.03. The van der Waals surface area contributed by atoms with Crippen molar-refractivity contribution in [3.8, 4) is 22.8 Å². The maximum Gasteiger partial charge on any atom is 0.260 e. The number of fused-ring (bicyclic) bond motifs is 1. The summed E-state index contributed by atoms with van der Waals surface area (Å²) in [7, 11) is 0. The van der Waals surface area contributed by atoms with E-state index >= 15 is 0 Å². The van der Waals surface area contributed by atoms with E-state index in [0.717, 1.165) is 17.0 Å². The van der Waals surface area contributed by atoms with Crippen LogP contribution in [-0.4, -0.2) is 45.5 Å². The molecule has 0 bridgehead atoms. The zero-order valence-electron chi connectivity index (χ0n) is 14.6. The second-order valence-corrected chi connectivity index (χ2v) is 6.03. The predicted octanol–water partition coefficient (Wildman–Crippen LogP) is 2.34. The molecule has 0 saturated carbocycles. The van der Waals surface area contributed by atoms with Gasteiger partial charge in [0.05, 0.1) is 18.8 Å². The maximum absolute atomic E-state index is 12.4. The van der Waals surface area contributed by atoms with Crippen LogP contribution in [0.25, 0.3) is 11.3 Å². The number of carbonyl (C=O) groups excluding carboxylic acids is 1. The van der Waals surface area contributed by atoms with E-state index < -0.39 is 0 Å². The Morgan fingerprint density at radius 3 is 2.70 bits per heavy atom. The Morgan fingerprint density at radius 1 is 1.07 bits per heavy atom. The molecule has 136 valence electrons. The highest BCUT2D eigenvalue weighted by Gasteiger charge is 2.23. The molecule has 7 nitrogen and oxygen atoms in total. The fourth-order valence-electron chi connectivity index (χ4n) is 2.82. The average Bonchev–Trinajstić information content (AvgIpc) is 2.88. The zero-order valence-corrected chi connectivity index (χ0v) is 14.6. The Morgan fingerprint density at radius 2 is 1.89 bits per heavy atom. The molecule has 7 heteroatoms. The van der Waals surface area contributed by atoms with Crippen molar-refractivity contribution >= 4 is 5.91 Å². The topological polar surface area (TPSA) is 77.4 Å². The molecular formula is C20H18N4O3. The molecule has 0 spiro atoms. The van der Waals surface area contributed by atoms with Crippen molar-refractivity contribution in [2.24, 2.45) is 0 Å². The van der Waals surface area contributed by atoms with Gasteiger partial charge in [-0.25, -0.2) is 15.0 Å². The molecule has 0 atom stereocenters. The van der Waals surface area contributed by atoms with Crippen molar-refractivity contribution in [1.82, 2.24) is 19.9 Å². The highest BCUT2D eigenvalue weighted by molar-refractivity contribution is 5.78. The minimum Gasteiger partial charge on any atom is -0.492 e. The van der Waals surface area contributed by atoms with E-state index in [9.17, 15) is 4.79 Å². The van der Waals surface area contributed by atoms with Crippen molar-refractivity contribution in [3.63, 3.8) is 0 Å². The monoisotopic (exact) mass is 362 g/mol. The first-order valence-corrected chi connectivity index (χ1v) is 8.63. The van der Waals surface area contributed by atoms with Crippen LogP contribution in [-0.2, 0) is 11.3 Å². The highest BCUT2D eigenvalue weighted by atomic mass is 16.5. The van der Waals surface area contributed by atoms with Crippen molar-refractivity contribution in [2.75, 3.05) is 19.8 Å². The molecule has 0 fully saturated rings. The number of pyridine rings is 1. The van der Waals surface area contributed by atoms with Crippen molar-refractivity contribution in [2.45, 2.75) is 6.54 Å². The van der Waals surface area contributed by atoms with Crippen LogP contribution in [0.5, 0.6) is 11.5 Å². The molecule has 4 rings (SSSR count). The Bertz CT molecular complexity index is 919. The van der Waals surface area contributed by atoms with Crippen LogP contribution in [0.15, 0.2) is 61.2 Å². The first-order chi connectivity index (χ1) is 13.3. The van der Waals surface area contributed by atoms with Gasteiger partial charge >= 0.3 is 0 Å². The SMILES string of the molecule is O=C1COc2ccc(-c3cncnc3)nc2CN1CCOc1ccccc1. The molecule has 0 unspecified atom stereocenters. The van der Waals surface area contributed by atoms with Gasteiger partial charge in [-0.2, -0.15) is 0 Å². The lowest BCUT2D eigenvalue weighted by molar-refractivity contribution is -0.133.